The van der Waals surface area contributed by atoms with Gasteiger partial charge in [-0.05, 0) is 64.9 Å². The summed E-state index contributed by atoms with van der Waals surface area (Å²) in [4.78, 5) is 46.2. The minimum Gasteiger partial charge on any atom is -0.465 e. The summed E-state index contributed by atoms with van der Waals surface area (Å²) in [5.41, 5.74) is -1.82. The first-order valence-corrected chi connectivity index (χ1v) is 14.7. The number of unbranched alkanes of at least 4 members (excludes halogenated alkanes) is 1. The number of rotatable bonds is 12. The molecule has 7 atom stereocenters. The van der Waals surface area contributed by atoms with Gasteiger partial charge in [0, 0.05) is 12.1 Å². The lowest BCUT2D eigenvalue weighted by atomic mass is 9.62. The summed E-state index contributed by atoms with van der Waals surface area (Å²) < 4.78 is 12.5. The monoisotopic (exact) mass is 566 g/mol. The van der Waals surface area contributed by atoms with Gasteiger partial charge in [0.1, 0.15) is 17.6 Å². The maximum absolute atomic E-state index is 14.7. The Morgan fingerprint density at radius 3 is 2.51 bits per heavy atom. The molecule has 3 heterocycles. The maximum Gasteiger partial charge on any atom is 0.312 e. The minimum absolute atomic E-state index is 0.100. The Morgan fingerprint density at radius 2 is 1.93 bits per heavy atom. The van der Waals surface area contributed by atoms with Crippen molar-refractivity contribution in [2.75, 3.05) is 19.8 Å². The van der Waals surface area contributed by atoms with Crippen LogP contribution in [0, 0.1) is 17.8 Å². The number of benzene rings is 1. The normalized spacial score (nSPS) is 31.1. The molecule has 8 nitrogen and oxygen atoms in total. The molecule has 3 aliphatic heterocycles. The van der Waals surface area contributed by atoms with Crippen LogP contribution in [0.15, 0.2) is 55.6 Å². The molecular formula is C33H46N2O6. The van der Waals surface area contributed by atoms with Crippen LogP contribution < -0.4 is 0 Å². The third kappa shape index (κ3) is 5.25. The van der Waals surface area contributed by atoms with Gasteiger partial charge in [0.2, 0.25) is 11.8 Å². The summed E-state index contributed by atoms with van der Waals surface area (Å²) in [7, 11) is 0. The zero-order chi connectivity index (χ0) is 30.2. The molecule has 1 spiro atoms. The lowest BCUT2D eigenvalue weighted by Gasteiger charge is -2.43. The van der Waals surface area contributed by atoms with Crippen molar-refractivity contribution in [2.45, 2.75) is 89.1 Å². The zero-order valence-corrected chi connectivity index (χ0v) is 25.2. The third-order valence-corrected chi connectivity index (χ3v) is 9.34. The predicted octanol–water partition coefficient (Wildman–Crippen LogP) is 3.92. The molecule has 4 rings (SSSR count). The molecule has 3 saturated heterocycles. The molecule has 1 aromatic carbocycles. The number of carbonyl (C=O) groups excluding carboxylic acids is 3. The maximum atomic E-state index is 14.7. The Kier molecular flexibility index (Phi) is 8.86. The van der Waals surface area contributed by atoms with E-state index in [9.17, 15) is 19.5 Å². The quantitative estimate of drug-likeness (QED) is 0.234. The highest BCUT2D eigenvalue weighted by Crippen LogP contribution is 2.65. The molecule has 0 aromatic heterocycles. The van der Waals surface area contributed by atoms with Crippen molar-refractivity contribution in [3.8, 4) is 0 Å². The standard InChI is InChI=1S/C33H46N2O6/c1-8-10-14-18-40-30(39)26-25-28(37)35(24(21-36)19-23-15-12-11-13-16-23)27(29(38)34(17-9-2)31(4,5)6)33(25)20-22(3)32(26,7)41-33/h8-9,11-13,15-16,22,24-27,36H,1-2,10,14,17-21H2,3-7H3/t22?,24-,25+,26+,27?,32-,33?/m1/s1. The number of hydrogen-bond acceptors (Lipinski definition) is 6. The van der Waals surface area contributed by atoms with Crippen LogP contribution in [-0.2, 0) is 30.3 Å². The number of fused-ring (bicyclic) bond motifs is 1. The third-order valence-electron chi connectivity index (χ3n) is 9.34. The Hall–Kier alpha value is -2.97. The summed E-state index contributed by atoms with van der Waals surface area (Å²) in [5, 5.41) is 10.7. The molecule has 1 N–H and O–H groups in total. The first-order chi connectivity index (χ1) is 19.4. The lowest BCUT2D eigenvalue weighted by Crippen LogP contribution is -2.62. The van der Waals surface area contributed by atoms with Crippen molar-refractivity contribution >= 4 is 17.8 Å². The molecule has 3 aliphatic rings. The van der Waals surface area contributed by atoms with Crippen LogP contribution in [0.1, 0.15) is 59.4 Å². The van der Waals surface area contributed by atoms with E-state index in [2.05, 4.69) is 13.2 Å². The molecule has 0 aliphatic carbocycles. The number of nitrogens with zero attached hydrogens (tertiary/aromatic N) is 2. The van der Waals surface area contributed by atoms with E-state index in [4.69, 9.17) is 9.47 Å². The number of likely N-dealkylation sites (tertiary alicyclic amines) is 1. The molecule has 3 unspecified atom stereocenters. The average molecular weight is 567 g/mol. The summed E-state index contributed by atoms with van der Waals surface area (Å²) in [6, 6.07) is 7.90. The SMILES string of the molecule is C=CCCCOC(=O)[C@@H]1[C@H]2C(=O)N([C@@H](CO)Cc3ccccc3)C(C(=O)N(CC=C)C(C)(C)C)C23CC(C)[C@@]1(C)O3. The van der Waals surface area contributed by atoms with Gasteiger partial charge in [0.05, 0.1) is 30.8 Å². The van der Waals surface area contributed by atoms with E-state index in [0.29, 0.717) is 25.7 Å². The number of aliphatic hydroxyl groups is 1. The van der Waals surface area contributed by atoms with Gasteiger partial charge in [0.15, 0.2) is 0 Å². The van der Waals surface area contributed by atoms with E-state index in [1.54, 1.807) is 17.1 Å². The summed E-state index contributed by atoms with van der Waals surface area (Å²) in [6.07, 6.45) is 5.60. The van der Waals surface area contributed by atoms with E-state index in [1.807, 2.05) is 65.0 Å². The average Bonchev–Trinajstić information content (AvgIpc) is 3.44. The molecule has 41 heavy (non-hydrogen) atoms. The highest BCUT2D eigenvalue weighted by atomic mass is 16.6. The second kappa shape index (κ2) is 11.7. The Labute approximate surface area is 244 Å². The summed E-state index contributed by atoms with van der Waals surface area (Å²) >= 11 is 0. The van der Waals surface area contributed by atoms with Gasteiger partial charge >= 0.3 is 5.97 Å². The number of allylic oxidation sites excluding steroid dienone is 1. The minimum atomic E-state index is -1.22. The van der Waals surface area contributed by atoms with E-state index < -0.39 is 46.6 Å². The Balaban J connectivity index is 1.82. The predicted molar refractivity (Wildman–Crippen MR) is 157 cm³/mol. The van der Waals surface area contributed by atoms with Gasteiger partial charge in [-0.25, -0.2) is 0 Å². The second-order valence-corrected chi connectivity index (χ2v) is 13.0. The molecule has 0 saturated carbocycles. The van der Waals surface area contributed by atoms with Crippen LogP contribution in [0.2, 0.25) is 0 Å². The first kappa shape index (κ1) is 31.0. The number of amides is 2. The molecule has 2 amide bonds. The van der Waals surface area contributed by atoms with Gasteiger partial charge in [-0.3, -0.25) is 14.4 Å². The van der Waals surface area contributed by atoms with Crippen LogP contribution in [0.5, 0.6) is 0 Å². The van der Waals surface area contributed by atoms with E-state index in [0.717, 1.165) is 5.56 Å². The summed E-state index contributed by atoms with van der Waals surface area (Å²) in [5.74, 6) is -2.93. The second-order valence-electron chi connectivity index (χ2n) is 13.0. The van der Waals surface area contributed by atoms with Crippen molar-refractivity contribution in [1.82, 2.24) is 9.80 Å². The largest absolute Gasteiger partial charge is 0.465 e. The highest BCUT2D eigenvalue weighted by Gasteiger charge is 2.81. The molecule has 1 aromatic rings. The Morgan fingerprint density at radius 1 is 1.24 bits per heavy atom. The number of hydrogen-bond donors (Lipinski definition) is 1. The van der Waals surface area contributed by atoms with Gasteiger partial charge in [-0.2, -0.15) is 0 Å². The van der Waals surface area contributed by atoms with Crippen molar-refractivity contribution < 1.29 is 29.0 Å². The van der Waals surface area contributed by atoms with E-state index in [-0.39, 0.29) is 37.5 Å². The highest BCUT2D eigenvalue weighted by molar-refractivity contribution is 5.99. The molecule has 2 bridgehead atoms. The van der Waals surface area contributed by atoms with Crippen molar-refractivity contribution in [3.05, 3.63) is 61.2 Å². The first-order valence-electron chi connectivity index (χ1n) is 14.7. The van der Waals surface area contributed by atoms with Gasteiger partial charge in [0.25, 0.3) is 0 Å². The molecule has 224 valence electrons. The van der Waals surface area contributed by atoms with Crippen molar-refractivity contribution in [2.24, 2.45) is 17.8 Å². The van der Waals surface area contributed by atoms with Crippen molar-refractivity contribution in [1.29, 1.82) is 0 Å². The fourth-order valence-electron chi connectivity index (χ4n) is 7.31. The number of aliphatic hydroxyl groups excluding tert-OH is 1. The van der Waals surface area contributed by atoms with Crippen LogP contribution in [0.3, 0.4) is 0 Å². The van der Waals surface area contributed by atoms with Gasteiger partial charge < -0.3 is 24.4 Å². The van der Waals surface area contributed by atoms with E-state index >= 15 is 0 Å². The van der Waals surface area contributed by atoms with Crippen LogP contribution in [0.4, 0.5) is 0 Å². The lowest BCUT2D eigenvalue weighted by molar-refractivity contribution is -0.164. The molecule has 0 radical (unpaired) electrons. The number of esters is 1. The topological polar surface area (TPSA) is 96.4 Å². The van der Waals surface area contributed by atoms with Gasteiger partial charge in [-0.1, -0.05) is 49.4 Å². The fraction of sp³-hybridized carbons (Fsp3) is 0.606. The van der Waals surface area contributed by atoms with Crippen LogP contribution in [-0.4, -0.2) is 81.3 Å². The van der Waals surface area contributed by atoms with Crippen LogP contribution >= 0.6 is 0 Å². The summed E-state index contributed by atoms with van der Waals surface area (Å²) in [6.45, 7) is 17.5. The fourth-order valence-corrected chi connectivity index (χ4v) is 7.31. The Bertz CT molecular complexity index is 1160. The van der Waals surface area contributed by atoms with Crippen molar-refractivity contribution in [3.63, 3.8) is 0 Å². The smallest absolute Gasteiger partial charge is 0.312 e. The van der Waals surface area contributed by atoms with Crippen LogP contribution in [0.25, 0.3) is 0 Å². The number of ether oxygens (including phenoxy) is 2. The molecule has 8 heteroatoms. The number of carbonyl (C=O) groups is 3. The molecule has 3 fully saturated rings. The van der Waals surface area contributed by atoms with Gasteiger partial charge in [-0.15, -0.1) is 13.2 Å². The van der Waals surface area contributed by atoms with E-state index in [1.165, 1.54) is 4.90 Å². The molecular weight excluding hydrogens is 520 g/mol. The zero-order valence-electron chi connectivity index (χ0n) is 25.2.